The van der Waals surface area contributed by atoms with Crippen molar-refractivity contribution in [1.82, 2.24) is 0 Å². The third-order valence-corrected chi connectivity index (χ3v) is 6.14. The lowest BCUT2D eigenvalue weighted by Crippen LogP contribution is -2.39. The van der Waals surface area contributed by atoms with E-state index in [1.807, 2.05) is 0 Å². The third-order valence-electron chi connectivity index (χ3n) is 5.65. The number of hydrogen-bond donors (Lipinski definition) is 0. The molecule has 0 spiro atoms. The van der Waals surface area contributed by atoms with Gasteiger partial charge in [-0.25, -0.2) is 0 Å². The maximum atomic E-state index is 14.0. The second-order valence-electron chi connectivity index (χ2n) is 7.61. The molecule has 0 saturated heterocycles. The molecule has 0 aromatic heterocycles. The van der Waals surface area contributed by atoms with Gasteiger partial charge in [-0.2, -0.15) is 13.2 Å². The minimum absolute atomic E-state index is 0.0160. The van der Waals surface area contributed by atoms with E-state index in [9.17, 15) is 22.8 Å². The summed E-state index contributed by atoms with van der Waals surface area (Å²) in [6.45, 7) is 1.86. The Bertz CT molecular complexity index is 1250. The highest BCUT2D eigenvalue weighted by Gasteiger charge is 2.44. The van der Waals surface area contributed by atoms with E-state index in [4.69, 9.17) is 4.74 Å². The maximum absolute atomic E-state index is 14.0. The van der Waals surface area contributed by atoms with Crippen molar-refractivity contribution >= 4 is 44.8 Å². The maximum Gasteiger partial charge on any atom is 0.416 e. The van der Waals surface area contributed by atoms with E-state index in [-0.39, 0.29) is 17.9 Å². The summed E-state index contributed by atoms with van der Waals surface area (Å²) in [6, 6.07) is 16.3. The number of hydrogen-bond acceptors (Lipinski definition) is 3. The van der Waals surface area contributed by atoms with Gasteiger partial charge in [-0.05, 0) is 55.5 Å². The van der Waals surface area contributed by atoms with Crippen LogP contribution in [0.3, 0.4) is 0 Å². The van der Waals surface area contributed by atoms with Crippen LogP contribution in [0.15, 0.2) is 71.2 Å². The lowest BCUT2D eigenvalue weighted by Gasteiger charge is -2.26. The Labute approximate surface area is 202 Å². The Morgan fingerprint density at radius 2 is 1.65 bits per heavy atom. The molecule has 34 heavy (non-hydrogen) atoms. The number of amides is 2. The van der Waals surface area contributed by atoms with Crippen LogP contribution in [0, 0.1) is 0 Å². The number of fused-ring (bicyclic) bond motifs is 1. The van der Waals surface area contributed by atoms with E-state index < -0.39 is 29.5 Å². The molecule has 1 atom stereocenters. The molecular weight excluding hydrogens is 513 g/mol. The van der Waals surface area contributed by atoms with E-state index in [2.05, 4.69) is 15.9 Å². The summed E-state index contributed by atoms with van der Waals surface area (Å²) < 4.78 is 46.9. The molecule has 0 saturated carbocycles. The van der Waals surface area contributed by atoms with Crippen LogP contribution in [0.25, 0.3) is 0 Å². The van der Waals surface area contributed by atoms with Crippen molar-refractivity contribution in [3.63, 3.8) is 0 Å². The van der Waals surface area contributed by atoms with Crippen molar-refractivity contribution in [1.29, 1.82) is 0 Å². The molecule has 176 valence electrons. The number of ether oxygens (including phenoxy) is 1. The number of rotatable bonds is 4. The number of carbonyl (C=O) groups excluding carboxylic acids is 2. The van der Waals surface area contributed by atoms with Crippen LogP contribution in [0.2, 0.25) is 0 Å². The summed E-state index contributed by atoms with van der Waals surface area (Å²) in [5.74, 6) is -2.25. The average Bonchev–Trinajstić information content (AvgIpc) is 2.89. The third kappa shape index (κ3) is 4.16. The minimum Gasteiger partial charge on any atom is -0.496 e. The van der Waals surface area contributed by atoms with Gasteiger partial charge in [-0.15, -0.1) is 0 Å². The number of methoxy groups -OCH3 is 1. The van der Waals surface area contributed by atoms with Crippen molar-refractivity contribution in [3.8, 4) is 5.75 Å². The van der Waals surface area contributed by atoms with Gasteiger partial charge >= 0.3 is 6.18 Å². The Hall–Kier alpha value is -3.33. The van der Waals surface area contributed by atoms with Gasteiger partial charge < -0.3 is 9.64 Å². The summed E-state index contributed by atoms with van der Waals surface area (Å²) in [5.41, 5.74) is -0.0540. The van der Waals surface area contributed by atoms with Crippen LogP contribution in [-0.2, 0) is 15.8 Å². The fourth-order valence-electron chi connectivity index (χ4n) is 4.10. The molecule has 1 aliphatic heterocycles. The summed E-state index contributed by atoms with van der Waals surface area (Å²) >= 11 is 3.37. The molecule has 9 heteroatoms. The SMILES string of the molecule is CCN1C(=O)C(c2cc(Br)ccc2OC)C(=O)N(c2ccccc2)c2cc(C(F)(F)F)ccc21. The number of halogens is 4. The summed E-state index contributed by atoms with van der Waals surface area (Å²) in [6.07, 6.45) is -4.62. The molecule has 3 aromatic carbocycles. The van der Waals surface area contributed by atoms with E-state index in [1.165, 1.54) is 23.0 Å². The number of alkyl halides is 3. The standard InChI is InChI=1S/C25H20BrF3N2O3/c1-3-30-19-11-9-15(25(27,28)29)13-20(19)31(17-7-5-4-6-8-17)24(33)22(23(30)32)18-14-16(26)10-12-21(18)34-2/h4-14,22H,3H2,1-2H3. The van der Waals surface area contributed by atoms with Crippen LogP contribution in [0.5, 0.6) is 5.75 Å². The number of para-hydroxylation sites is 1. The molecule has 0 bridgehead atoms. The highest BCUT2D eigenvalue weighted by molar-refractivity contribution is 9.10. The van der Waals surface area contributed by atoms with Gasteiger partial charge in [0.25, 0.3) is 0 Å². The van der Waals surface area contributed by atoms with Crippen molar-refractivity contribution in [3.05, 3.63) is 82.3 Å². The molecular formula is C25H20BrF3N2O3. The fourth-order valence-corrected chi connectivity index (χ4v) is 4.48. The highest BCUT2D eigenvalue weighted by Crippen LogP contribution is 2.45. The number of benzene rings is 3. The Morgan fingerprint density at radius 3 is 2.26 bits per heavy atom. The summed E-state index contributed by atoms with van der Waals surface area (Å²) in [4.78, 5) is 30.3. The summed E-state index contributed by atoms with van der Waals surface area (Å²) in [7, 11) is 1.43. The van der Waals surface area contributed by atoms with Crippen LogP contribution in [0.4, 0.5) is 30.2 Å². The molecule has 5 nitrogen and oxygen atoms in total. The normalized spacial score (nSPS) is 16.4. The molecule has 0 N–H and O–H groups in total. The first-order chi connectivity index (χ1) is 16.2. The number of likely N-dealkylation sites (N-methyl/N-ethyl adjacent to an activating group) is 1. The van der Waals surface area contributed by atoms with Gasteiger partial charge in [0, 0.05) is 22.3 Å². The fraction of sp³-hybridized carbons (Fsp3) is 0.200. The Morgan fingerprint density at radius 1 is 0.941 bits per heavy atom. The van der Waals surface area contributed by atoms with Gasteiger partial charge in [-0.3, -0.25) is 14.5 Å². The molecule has 0 aliphatic carbocycles. The first-order valence-corrected chi connectivity index (χ1v) is 11.2. The molecule has 2 amide bonds. The second kappa shape index (κ2) is 9.13. The predicted octanol–water partition coefficient (Wildman–Crippen LogP) is 6.29. The summed E-state index contributed by atoms with van der Waals surface area (Å²) in [5, 5.41) is 0. The molecule has 1 unspecified atom stereocenters. The number of anilines is 3. The average molecular weight is 533 g/mol. The second-order valence-corrected chi connectivity index (χ2v) is 8.53. The van der Waals surface area contributed by atoms with Gasteiger partial charge in [0.05, 0.1) is 24.0 Å². The monoisotopic (exact) mass is 532 g/mol. The van der Waals surface area contributed by atoms with E-state index >= 15 is 0 Å². The Kier molecular flexibility index (Phi) is 6.40. The van der Waals surface area contributed by atoms with Crippen molar-refractivity contribution in [2.45, 2.75) is 19.0 Å². The smallest absolute Gasteiger partial charge is 0.416 e. The molecule has 0 radical (unpaired) electrons. The predicted molar refractivity (Wildman–Crippen MR) is 126 cm³/mol. The first kappa shape index (κ1) is 23.8. The van der Waals surface area contributed by atoms with Gasteiger partial charge in [0.1, 0.15) is 11.7 Å². The number of carbonyl (C=O) groups is 2. The van der Waals surface area contributed by atoms with E-state index in [0.29, 0.717) is 21.5 Å². The molecule has 1 heterocycles. The highest BCUT2D eigenvalue weighted by atomic mass is 79.9. The molecule has 1 aliphatic rings. The van der Waals surface area contributed by atoms with Crippen LogP contribution >= 0.6 is 15.9 Å². The van der Waals surface area contributed by atoms with Crippen molar-refractivity contribution in [2.75, 3.05) is 23.5 Å². The molecule has 4 rings (SSSR count). The number of nitrogens with zero attached hydrogens (tertiary/aromatic N) is 2. The minimum atomic E-state index is -4.62. The van der Waals surface area contributed by atoms with Crippen LogP contribution < -0.4 is 14.5 Å². The van der Waals surface area contributed by atoms with Crippen molar-refractivity contribution in [2.24, 2.45) is 0 Å². The van der Waals surface area contributed by atoms with E-state index in [0.717, 1.165) is 12.1 Å². The Balaban J connectivity index is 2.03. The van der Waals surface area contributed by atoms with Crippen LogP contribution in [-0.4, -0.2) is 25.5 Å². The zero-order chi connectivity index (χ0) is 24.6. The zero-order valence-electron chi connectivity index (χ0n) is 18.3. The first-order valence-electron chi connectivity index (χ1n) is 10.4. The lowest BCUT2D eigenvalue weighted by molar-refractivity contribution is -0.137. The topological polar surface area (TPSA) is 49.9 Å². The largest absolute Gasteiger partial charge is 0.496 e. The zero-order valence-corrected chi connectivity index (χ0v) is 19.9. The molecule has 3 aromatic rings. The quantitative estimate of drug-likeness (QED) is 0.371. The lowest BCUT2D eigenvalue weighted by atomic mass is 9.95. The van der Waals surface area contributed by atoms with E-state index in [1.54, 1.807) is 55.5 Å². The van der Waals surface area contributed by atoms with Gasteiger partial charge in [0.2, 0.25) is 11.8 Å². The molecule has 0 fully saturated rings. The van der Waals surface area contributed by atoms with Gasteiger partial charge in [-0.1, -0.05) is 34.1 Å². The van der Waals surface area contributed by atoms with Crippen LogP contribution in [0.1, 0.15) is 24.0 Å². The van der Waals surface area contributed by atoms with Gasteiger partial charge in [0.15, 0.2) is 0 Å². The van der Waals surface area contributed by atoms with Crippen molar-refractivity contribution < 1.29 is 27.5 Å².